The number of benzene rings is 1. The van der Waals surface area contributed by atoms with Crippen molar-refractivity contribution < 1.29 is 18.0 Å². The first kappa shape index (κ1) is 19.5. The molecule has 0 aliphatic rings. The Morgan fingerprint density at radius 2 is 2.08 bits per heavy atom. The van der Waals surface area contributed by atoms with Crippen molar-refractivity contribution in [3.05, 3.63) is 63.0 Å². The highest BCUT2D eigenvalue weighted by molar-refractivity contribution is 6.33. The molecule has 1 N–H and O–H groups in total. The average molecular weight is 387 g/mol. The predicted molar refractivity (Wildman–Crippen MR) is 91.5 cm³/mol. The number of hydrogen-bond donors (Lipinski definition) is 1. The molecule has 0 radical (unpaired) electrons. The highest BCUT2D eigenvalue weighted by Crippen LogP contribution is 2.29. The zero-order valence-electron chi connectivity index (χ0n) is 13.7. The average Bonchev–Trinajstić information content (AvgIpc) is 2.57. The maximum atomic E-state index is 12.7. The van der Waals surface area contributed by atoms with E-state index in [2.05, 4.69) is 10.5 Å². The lowest BCUT2D eigenvalue weighted by Gasteiger charge is -2.19. The normalized spacial score (nSPS) is 11.6. The van der Waals surface area contributed by atoms with Crippen LogP contribution in [0.2, 0.25) is 5.02 Å². The van der Waals surface area contributed by atoms with Crippen molar-refractivity contribution in [3.8, 4) is 0 Å². The topological polar surface area (TPSA) is 67.2 Å². The molecule has 0 saturated heterocycles. The Morgan fingerprint density at radius 1 is 1.38 bits per heavy atom. The molecule has 0 unspecified atom stereocenters. The minimum Gasteiger partial charge on any atom is -0.285 e. The van der Waals surface area contributed by atoms with Crippen molar-refractivity contribution in [3.63, 3.8) is 0 Å². The Morgan fingerprint density at radius 3 is 2.73 bits per heavy atom. The first-order valence-corrected chi connectivity index (χ1v) is 7.59. The molecular weight excluding hydrogens is 373 g/mol. The van der Waals surface area contributed by atoms with E-state index in [0.29, 0.717) is 0 Å². The van der Waals surface area contributed by atoms with Crippen LogP contribution in [-0.4, -0.2) is 22.7 Å². The van der Waals surface area contributed by atoms with Gasteiger partial charge in [-0.15, -0.1) is 0 Å². The highest BCUT2D eigenvalue weighted by Gasteiger charge is 2.30. The summed E-state index contributed by atoms with van der Waals surface area (Å²) in [5.74, 6) is -0.623. The SMILES string of the molecule is CN(NC(=O)/C=C/c1cccc(C(F)(F)F)c1)c1cnn(C)c(=O)c1Cl. The monoisotopic (exact) mass is 386 g/mol. The van der Waals surface area contributed by atoms with E-state index in [1.54, 1.807) is 0 Å². The van der Waals surface area contributed by atoms with Crippen LogP contribution in [0.5, 0.6) is 0 Å². The Balaban J connectivity index is 2.10. The van der Waals surface area contributed by atoms with Gasteiger partial charge in [-0.1, -0.05) is 23.7 Å². The summed E-state index contributed by atoms with van der Waals surface area (Å²) >= 11 is 5.92. The zero-order valence-corrected chi connectivity index (χ0v) is 14.5. The van der Waals surface area contributed by atoms with Gasteiger partial charge in [0.15, 0.2) is 0 Å². The molecule has 0 aliphatic heterocycles. The largest absolute Gasteiger partial charge is 0.416 e. The number of rotatable bonds is 4. The Hall–Kier alpha value is -2.81. The number of hydrazine groups is 1. The zero-order chi connectivity index (χ0) is 19.5. The Labute approximate surface area is 151 Å². The quantitative estimate of drug-likeness (QED) is 0.648. The van der Waals surface area contributed by atoms with Crippen LogP contribution in [0.25, 0.3) is 6.08 Å². The van der Waals surface area contributed by atoms with Gasteiger partial charge in [-0.25, -0.2) is 4.68 Å². The van der Waals surface area contributed by atoms with Crippen LogP contribution in [0.3, 0.4) is 0 Å². The number of carbonyl (C=O) groups excluding carboxylic acids is 1. The van der Waals surface area contributed by atoms with Gasteiger partial charge in [0.2, 0.25) is 0 Å². The van der Waals surface area contributed by atoms with Crippen molar-refractivity contribution >= 4 is 29.3 Å². The number of anilines is 1. The highest BCUT2D eigenvalue weighted by atomic mass is 35.5. The standard InChI is InChI=1S/C16H14ClF3N4O2/c1-23(12-9-21-24(2)15(26)14(12)17)22-13(25)7-6-10-4-3-5-11(8-10)16(18,19)20/h3-9H,1-2H3,(H,22,25)/b7-6+. The Bertz CT molecular complexity index is 909. The van der Waals surface area contributed by atoms with E-state index < -0.39 is 23.2 Å². The molecule has 26 heavy (non-hydrogen) atoms. The summed E-state index contributed by atoms with van der Waals surface area (Å²) in [7, 11) is 2.87. The molecule has 6 nitrogen and oxygen atoms in total. The number of aryl methyl sites for hydroxylation is 1. The smallest absolute Gasteiger partial charge is 0.285 e. The van der Waals surface area contributed by atoms with Crippen molar-refractivity contribution in [1.29, 1.82) is 0 Å². The van der Waals surface area contributed by atoms with Crippen LogP contribution in [0.4, 0.5) is 18.9 Å². The van der Waals surface area contributed by atoms with Crippen LogP contribution in [-0.2, 0) is 18.0 Å². The predicted octanol–water partition coefficient (Wildman–Crippen LogP) is 2.63. The molecule has 10 heteroatoms. The summed E-state index contributed by atoms with van der Waals surface area (Å²) < 4.78 is 39.0. The molecule has 1 aromatic carbocycles. The number of amides is 1. The second kappa shape index (κ2) is 7.61. The van der Waals surface area contributed by atoms with Crippen LogP contribution in [0, 0.1) is 0 Å². The number of nitrogens with zero attached hydrogens (tertiary/aromatic N) is 3. The number of nitrogens with one attached hydrogen (secondary N) is 1. The van der Waals surface area contributed by atoms with Crippen LogP contribution < -0.4 is 16.0 Å². The molecule has 0 aliphatic carbocycles. The molecule has 0 atom stereocenters. The first-order chi connectivity index (χ1) is 12.1. The molecule has 138 valence electrons. The third-order valence-corrected chi connectivity index (χ3v) is 3.70. The van der Waals surface area contributed by atoms with Crippen molar-refractivity contribution in [2.75, 3.05) is 12.1 Å². The molecule has 1 aromatic heterocycles. The molecule has 2 aromatic rings. The van der Waals surface area contributed by atoms with Gasteiger partial charge in [-0.3, -0.25) is 20.0 Å². The van der Waals surface area contributed by atoms with E-state index in [-0.39, 0.29) is 16.3 Å². The van der Waals surface area contributed by atoms with E-state index in [0.717, 1.165) is 22.9 Å². The summed E-state index contributed by atoms with van der Waals surface area (Å²) in [6.45, 7) is 0. The summed E-state index contributed by atoms with van der Waals surface area (Å²) in [6.07, 6.45) is -0.868. The van der Waals surface area contributed by atoms with Gasteiger partial charge in [0, 0.05) is 20.2 Å². The molecule has 0 spiro atoms. The lowest BCUT2D eigenvalue weighted by Crippen LogP contribution is -2.39. The fraction of sp³-hybridized carbons (Fsp3) is 0.188. The molecule has 0 bridgehead atoms. The van der Waals surface area contributed by atoms with Gasteiger partial charge in [0.25, 0.3) is 11.5 Å². The van der Waals surface area contributed by atoms with Crippen LogP contribution >= 0.6 is 11.6 Å². The van der Waals surface area contributed by atoms with E-state index in [1.807, 2.05) is 0 Å². The van der Waals surface area contributed by atoms with Gasteiger partial charge >= 0.3 is 6.18 Å². The maximum absolute atomic E-state index is 12.7. The van der Waals surface area contributed by atoms with Crippen LogP contribution in [0.1, 0.15) is 11.1 Å². The van der Waals surface area contributed by atoms with Crippen LogP contribution in [0.15, 0.2) is 41.3 Å². The van der Waals surface area contributed by atoms with E-state index >= 15 is 0 Å². The second-order valence-corrected chi connectivity index (χ2v) is 5.64. The number of alkyl halides is 3. The van der Waals surface area contributed by atoms with Gasteiger partial charge in [0.1, 0.15) is 10.7 Å². The summed E-state index contributed by atoms with van der Waals surface area (Å²) in [4.78, 5) is 23.7. The number of hydrogen-bond acceptors (Lipinski definition) is 4. The lowest BCUT2D eigenvalue weighted by atomic mass is 10.1. The Kier molecular flexibility index (Phi) is 5.71. The van der Waals surface area contributed by atoms with Crippen molar-refractivity contribution in [2.24, 2.45) is 7.05 Å². The number of carbonyl (C=O) groups is 1. The molecule has 2 rings (SSSR count). The summed E-state index contributed by atoms with van der Waals surface area (Å²) in [5, 5.41) is 4.85. The minimum atomic E-state index is -4.46. The summed E-state index contributed by atoms with van der Waals surface area (Å²) in [5.41, 5.74) is 1.45. The molecule has 0 saturated carbocycles. The minimum absolute atomic E-state index is 0.132. The third kappa shape index (κ3) is 4.63. The van der Waals surface area contributed by atoms with E-state index in [4.69, 9.17) is 11.6 Å². The van der Waals surface area contributed by atoms with E-state index in [9.17, 15) is 22.8 Å². The van der Waals surface area contributed by atoms with Crippen molar-refractivity contribution in [2.45, 2.75) is 6.18 Å². The molecule has 1 amide bonds. The van der Waals surface area contributed by atoms with Gasteiger partial charge in [-0.2, -0.15) is 18.3 Å². The summed E-state index contributed by atoms with van der Waals surface area (Å²) in [6, 6.07) is 4.55. The fourth-order valence-corrected chi connectivity index (χ4v) is 2.29. The molecule has 1 heterocycles. The molecular formula is C16H14ClF3N4O2. The van der Waals surface area contributed by atoms with E-state index in [1.165, 1.54) is 43.5 Å². The number of aromatic nitrogens is 2. The van der Waals surface area contributed by atoms with Crippen molar-refractivity contribution in [1.82, 2.24) is 15.2 Å². The fourth-order valence-electron chi connectivity index (χ4n) is 1.99. The van der Waals surface area contributed by atoms with Gasteiger partial charge < -0.3 is 0 Å². The first-order valence-electron chi connectivity index (χ1n) is 7.21. The molecule has 0 fully saturated rings. The number of halogens is 4. The second-order valence-electron chi connectivity index (χ2n) is 5.26. The maximum Gasteiger partial charge on any atom is 0.416 e. The van der Waals surface area contributed by atoms with Gasteiger partial charge in [0.05, 0.1) is 11.8 Å². The van der Waals surface area contributed by atoms with Gasteiger partial charge in [-0.05, 0) is 23.8 Å². The third-order valence-electron chi connectivity index (χ3n) is 3.34. The lowest BCUT2D eigenvalue weighted by molar-refractivity contribution is -0.137.